The lowest BCUT2D eigenvalue weighted by Gasteiger charge is -2.13. The molecular formula is C12H13ClO3S. The quantitative estimate of drug-likeness (QED) is 0.917. The lowest BCUT2D eigenvalue weighted by Crippen LogP contribution is -2.12. The summed E-state index contributed by atoms with van der Waals surface area (Å²) in [4.78, 5) is 11.8. The Morgan fingerprint density at radius 2 is 2.35 bits per heavy atom. The highest BCUT2D eigenvalue weighted by Crippen LogP contribution is 2.34. The zero-order valence-corrected chi connectivity index (χ0v) is 10.9. The van der Waals surface area contributed by atoms with Crippen molar-refractivity contribution >= 4 is 29.3 Å². The second-order valence-electron chi connectivity index (χ2n) is 3.97. The summed E-state index contributed by atoms with van der Waals surface area (Å²) in [6, 6.07) is 5.05. The maximum atomic E-state index is 10.8. The summed E-state index contributed by atoms with van der Waals surface area (Å²) in [5.74, 6) is -0.996. The van der Waals surface area contributed by atoms with E-state index in [9.17, 15) is 4.79 Å². The smallest absolute Gasteiger partial charge is 0.337 e. The number of benzene rings is 1. The molecule has 0 bridgehead atoms. The Balaban J connectivity index is 2.12. The lowest BCUT2D eigenvalue weighted by molar-refractivity contribution is 0.0697. The van der Waals surface area contributed by atoms with Crippen LogP contribution in [0.2, 0.25) is 5.02 Å². The number of carboxylic acids is 1. The number of carbonyl (C=O) groups is 1. The van der Waals surface area contributed by atoms with E-state index in [1.807, 2.05) is 0 Å². The average molecular weight is 273 g/mol. The van der Waals surface area contributed by atoms with Crippen molar-refractivity contribution in [3.8, 4) is 0 Å². The summed E-state index contributed by atoms with van der Waals surface area (Å²) in [6.45, 7) is 2.84. The Bertz CT molecular complexity index is 436. The molecule has 2 atom stereocenters. The van der Waals surface area contributed by atoms with Crippen molar-refractivity contribution in [2.24, 2.45) is 0 Å². The molecule has 92 valence electrons. The molecule has 1 aromatic carbocycles. The number of aromatic carboxylic acids is 1. The first kappa shape index (κ1) is 12.7. The highest BCUT2D eigenvalue weighted by atomic mass is 35.5. The number of thioether (sulfide) groups is 1. The fourth-order valence-corrected chi connectivity index (χ4v) is 3.28. The van der Waals surface area contributed by atoms with Gasteiger partial charge in [0.1, 0.15) is 0 Å². The molecule has 5 heteroatoms. The Labute approximate surface area is 109 Å². The summed E-state index contributed by atoms with van der Waals surface area (Å²) in [5.41, 5.74) is 0.145. The van der Waals surface area contributed by atoms with Crippen molar-refractivity contribution in [2.75, 3.05) is 6.61 Å². The summed E-state index contributed by atoms with van der Waals surface area (Å²) < 4.78 is 5.48. The van der Waals surface area contributed by atoms with E-state index >= 15 is 0 Å². The van der Waals surface area contributed by atoms with Gasteiger partial charge in [0.15, 0.2) is 0 Å². The van der Waals surface area contributed by atoms with Crippen LogP contribution in [-0.2, 0) is 4.74 Å². The van der Waals surface area contributed by atoms with Gasteiger partial charge in [-0.25, -0.2) is 4.79 Å². The van der Waals surface area contributed by atoms with Gasteiger partial charge in [-0.3, -0.25) is 0 Å². The van der Waals surface area contributed by atoms with E-state index in [0.29, 0.717) is 5.25 Å². The molecule has 2 unspecified atom stereocenters. The largest absolute Gasteiger partial charge is 0.478 e. The van der Waals surface area contributed by atoms with Crippen LogP contribution in [0.4, 0.5) is 0 Å². The van der Waals surface area contributed by atoms with Crippen LogP contribution in [0.3, 0.4) is 0 Å². The number of rotatable bonds is 3. The van der Waals surface area contributed by atoms with Crippen LogP contribution in [0.15, 0.2) is 23.1 Å². The normalized spacial score (nSPS) is 23.9. The molecule has 0 saturated carbocycles. The zero-order chi connectivity index (χ0) is 12.4. The second-order valence-corrected chi connectivity index (χ2v) is 5.69. The third-order valence-electron chi connectivity index (χ3n) is 2.77. The van der Waals surface area contributed by atoms with Crippen molar-refractivity contribution in [2.45, 2.75) is 29.6 Å². The third-order valence-corrected chi connectivity index (χ3v) is 4.53. The number of hydrogen-bond acceptors (Lipinski definition) is 3. The molecule has 0 amide bonds. The van der Waals surface area contributed by atoms with Crippen LogP contribution in [0.1, 0.15) is 23.7 Å². The molecule has 1 fully saturated rings. The molecule has 1 aliphatic rings. The van der Waals surface area contributed by atoms with Crippen molar-refractivity contribution in [3.05, 3.63) is 28.8 Å². The van der Waals surface area contributed by atoms with E-state index in [1.54, 1.807) is 30.0 Å². The lowest BCUT2D eigenvalue weighted by atomic mass is 10.2. The molecule has 3 nitrogen and oxygen atoms in total. The van der Waals surface area contributed by atoms with Gasteiger partial charge in [0, 0.05) is 16.8 Å². The minimum Gasteiger partial charge on any atom is -0.478 e. The molecule has 17 heavy (non-hydrogen) atoms. The van der Waals surface area contributed by atoms with Crippen molar-refractivity contribution in [1.82, 2.24) is 0 Å². The van der Waals surface area contributed by atoms with E-state index in [2.05, 4.69) is 6.92 Å². The molecule has 1 saturated heterocycles. The topological polar surface area (TPSA) is 46.5 Å². The molecule has 1 N–H and O–H groups in total. The summed E-state index contributed by atoms with van der Waals surface area (Å²) in [6.07, 6.45) is 1.25. The Morgan fingerprint density at radius 1 is 1.59 bits per heavy atom. The van der Waals surface area contributed by atoms with Crippen LogP contribution in [0.25, 0.3) is 0 Å². The number of hydrogen-bond donors (Lipinski definition) is 1. The zero-order valence-electron chi connectivity index (χ0n) is 9.35. The minimum atomic E-state index is -0.996. The molecule has 0 spiro atoms. The van der Waals surface area contributed by atoms with Crippen molar-refractivity contribution < 1.29 is 14.6 Å². The van der Waals surface area contributed by atoms with Gasteiger partial charge in [-0.2, -0.15) is 0 Å². The summed E-state index contributed by atoms with van der Waals surface area (Å²) >= 11 is 7.61. The molecule has 1 aliphatic heterocycles. The standard InChI is InChI=1S/C12H13ClO3S/c1-7-11(4-5-16-7)17-8-2-3-9(12(14)15)10(13)6-8/h2-3,6-7,11H,4-5H2,1H3,(H,14,15). The third kappa shape index (κ3) is 2.94. The Hall–Kier alpha value is -0.710. The van der Waals surface area contributed by atoms with Gasteiger partial charge >= 0.3 is 5.97 Å². The molecular weight excluding hydrogens is 260 g/mol. The van der Waals surface area contributed by atoms with E-state index in [4.69, 9.17) is 21.4 Å². The Kier molecular flexibility index (Phi) is 3.97. The molecule has 2 rings (SSSR count). The number of halogens is 1. The van der Waals surface area contributed by atoms with Gasteiger partial charge < -0.3 is 9.84 Å². The van der Waals surface area contributed by atoms with Crippen LogP contribution < -0.4 is 0 Å². The van der Waals surface area contributed by atoms with Gasteiger partial charge in [-0.05, 0) is 31.5 Å². The van der Waals surface area contributed by atoms with Crippen LogP contribution in [-0.4, -0.2) is 29.0 Å². The van der Waals surface area contributed by atoms with Crippen molar-refractivity contribution in [3.63, 3.8) is 0 Å². The first-order valence-electron chi connectivity index (χ1n) is 5.39. The van der Waals surface area contributed by atoms with Gasteiger partial charge in [0.25, 0.3) is 0 Å². The predicted molar refractivity (Wildman–Crippen MR) is 68.1 cm³/mol. The van der Waals surface area contributed by atoms with E-state index in [1.165, 1.54) is 0 Å². The summed E-state index contributed by atoms with van der Waals surface area (Å²) in [7, 11) is 0. The molecule has 1 aromatic rings. The van der Waals surface area contributed by atoms with E-state index in [-0.39, 0.29) is 16.7 Å². The maximum Gasteiger partial charge on any atom is 0.337 e. The van der Waals surface area contributed by atoms with Crippen LogP contribution in [0, 0.1) is 0 Å². The average Bonchev–Trinajstić information content (AvgIpc) is 2.64. The first-order valence-corrected chi connectivity index (χ1v) is 6.65. The number of carboxylic acid groups (broad SMARTS) is 1. The molecule has 0 aliphatic carbocycles. The monoisotopic (exact) mass is 272 g/mol. The van der Waals surface area contributed by atoms with Gasteiger partial charge in [-0.15, -0.1) is 11.8 Å². The van der Waals surface area contributed by atoms with Gasteiger partial charge in [0.05, 0.1) is 16.7 Å². The predicted octanol–water partition coefficient (Wildman–Crippen LogP) is 3.31. The minimum absolute atomic E-state index is 0.145. The second kappa shape index (κ2) is 5.29. The molecule has 0 aromatic heterocycles. The molecule has 0 radical (unpaired) electrons. The highest BCUT2D eigenvalue weighted by molar-refractivity contribution is 8.00. The van der Waals surface area contributed by atoms with Gasteiger partial charge in [-0.1, -0.05) is 11.6 Å². The fourth-order valence-electron chi connectivity index (χ4n) is 1.78. The Morgan fingerprint density at radius 3 is 2.88 bits per heavy atom. The van der Waals surface area contributed by atoms with Crippen molar-refractivity contribution in [1.29, 1.82) is 0 Å². The SMILES string of the molecule is CC1OCCC1Sc1ccc(C(=O)O)c(Cl)c1. The fraction of sp³-hybridized carbons (Fsp3) is 0.417. The summed E-state index contributed by atoms with van der Waals surface area (Å²) in [5, 5.41) is 9.58. The maximum absolute atomic E-state index is 10.8. The van der Waals surface area contributed by atoms with Gasteiger partial charge in [0.2, 0.25) is 0 Å². The first-order chi connectivity index (χ1) is 8.08. The van der Waals surface area contributed by atoms with Crippen LogP contribution >= 0.6 is 23.4 Å². The number of ether oxygens (including phenoxy) is 1. The van der Waals surface area contributed by atoms with E-state index in [0.717, 1.165) is 17.9 Å². The highest BCUT2D eigenvalue weighted by Gasteiger charge is 2.25. The van der Waals surface area contributed by atoms with Crippen LogP contribution in [0.5, 0.6) is 0 Å². The van der Waals surface area contributed by atoms with E-state index < -0.39 is 5.97 Å². The molecule has 1 heterocycles.